The van der Waals surface area contributed by atoms with Crippen LogP contribution in [0.25, 0.3) is 0 Å². The van der Waals surface area contributed by atoms with E-state index >= 15 is 0 Å². The number of carbonyl (C=O) groups is 1. The minimum atomic E-state index is -0.127. The maximum absolute atomic E-state index is 11.9. The lowest BCUT2D eigenvalue weighted by Crippen LogP contribution is -2.41. The summed E-state index contributed by atoms with van der Waals surface area (Å²) in [6, 6.07) is 13.6. The second-order valence-corrected chi connectivity index (χ2v) is 5.44. The van der Waals surface area contributed by atoms with Gasteiger partial charge in [0.2, 0.25) is 0 Å². The third kappa shape index (κ3) is 5.72. The monoisotopic (exact) mass is 325 g/mol. The van der Waals surface area contributed by atoms with E-state index < -0.39 is 0 Å². The summed E-state index contributed by atoms with van der Waals surface area (Å²) in [6.45, 7) is 1.72. The van der Waals surface area contributed by atoms with Crippen molar-refractivity contribution in [3.8, 4) is 0 Å². The number of hydrogen-bond donors (Lipinski definition) is 2. The van der Waals surface area contributed by atoms with Crippen LogP contribution in [0.15, 0.2) is 59.9 Å². The molecule has 0 aliphatic carbocycles. The van der Waals surface area contributed by atoms with Gasteiger partial charge in [-0.2, -0.15) is 0 Å². The maximum atomic E-state index is 11.9. The van der Waals surface area contributed by atoms with Crippen molar-refractivity contribution in [1.82, 2.24) is 20.5 Å². The fourth-order valence-corrected chi connectivity index (χ4v) is 2.05. The van der Waals surface area contributed by atoms with Gasteiger partial charge in [0.1, 0.15) is 0 Å². The second kappa shape index (κ2) is 9.29. The zero-order valence-electron chi connectivity index (χ0n) is 14.1. The molecule has 0 spiro atoms. The molecule has 2 aromatic rings. The molecule has 0 saturated heterocycles. The van der Waals surface area contributed by atoms with Crippen LogP contribution in [0.5, 0.6) is 0 Å². The number of guanidine groups is 1. The van der Waals surface area contributed by atoms with Crippen LogP contribution in [-0.2, 0) is 6.54 Å². The van der Waals surface area contributed by atoms with Gasteiger partial charge in [0.15, 0.2) is 5.96 Å². The Balaban J connectivity index is 1.78. The number of amides is 1. The van der Waals surface area contributed by atoms with Gasteiger partial charge < -0.3 is 15.5 Å². The van der Waals surface area contributed by atoms with Crippen LogP contribution in [0.4, 0.5) is 0 Å². The lowest BCUT2D eigenvalue weighted by molar-refractivity contribution is 0.0954. The molecule has 1 heterocycles. The first kappa shape index (κ1) is 17.5. The molecule has 0 aliphatic rings. The summed E-state index contributed by atoms with van der Waals surface area (Å²) in [6.07, 6.45) is 3.19. The molecule has 0 bridgehead atoms. The minimum Gasteiger partial charge on any atom is -0.354 e. The SMILES string of the molecule is CN(C)C(=NCc1ccccc1)NCCNC(=O)c1cccnc1. The molecule has 6 nitrogen and oxygen atoms in total. The number of aliphatic imine (C=N–C) groups is 1. The molecule has 6 heteroatoms. The first-order valence-corrected chi connectivity index (χ1v) is 7.84. The van der Waals surface area contributed by atoms with E-state index in [1.807, 2.05) is 49.3 Å². The molecule has 0 atom stereocenters. The Morgan fingerprint density at radius 3 is 2.50 bits per heavy atom. The van der Waals surface area contributed by atoms with Crippen LogP contribution >= 0.6 is 0 Å². The molecular formula is C18H23N5O. The largest absolute Gasteiger partial charge is 0.354 e. The molecule has 24 heavy (non-hydrogen) atoms. The van der Waals surface area contributed by atoms with E-state index in [0.717, 1.165) is 11.5 Å². The Morgan fingerprint density at radius 1 is 1.08 bits per heavy atom. The lowest BCUT2D eigenvalue weighted by atomic mass is 10.2. The fraction of sp³-hybridized carbons (Fsp3) is 0.278. The van der Waals surface area contributed by atoms with Crippen molar-refractivity contribution in [2.24, 2.45) is 4.99 Å². The summed E-state index contributed by atoms with van der Waals surface area (Å²) in [5.41, 5.74) is 1.71. The number of benzene rings is 1. The van der Waals surface area contributed by atoms with E-state index in [-0.39, 0.29) is 5.91 Å². The summed E-state index contributed by atoms with van der Waals surface area (Å²) < 4.78 is 0. The smallest absolute Gasteiger partial charge is 0.252 e. The second-order valence-electron chi connectivity index (χ2n) is 5.44. The number of nitrogens with zero attached hydrogens (tertiary/aromatic N) is 3. The van der Waals surface area contributed by atoms with Crippen LogP contribution < -0.4 is 10.6 Å². The van der Waals surface area contributed by atoms with E-state index in [0.29, 0.717) is 25.2 Å². The van der Waals surface area contributed by atoms with Crippen LogP contribution in [0.1, 0.15) is 15.9 Å². The van der Waals surface area contributed by atoms with Crippen LogP contribution in [0.3, 0.4) is 0 Å². The van der Waals surface area contributed by atoms with Crippen LogP contribution in [-0.4, -0.2) is 48.9 Å². The van der Waals surface area contributed by atoms with Gasteiger partial charge in [-0.25, -0.2) is 4.99 Å². The van der Waals surface area contributed by atoms with E-state index in [9.17, 15) is 4.79 Å². The Hall–Kier alpha value is -2.89. The van der Waals surface area contributed by atoms with Crippen LogP contribution in [0, 0.1) is 0 Å². The van der Waals surface area contributed by atoms with Crippen molar-refractivity contribution < 1.29 is 4.79 Å². The number of carbonyl (C=O) groups excluding carboxylic acids is 1. The highest BCUT2D eigenvalue weighted by Crippen LogP contribution is 2.00. The third-order valence-corrected chi connectivity index (χ3v) is 3.30. The topological polar surface area (TPSA) is 69.6 Å². The minimum absolute atomic E-state index is 0.127. The first-order valence-electron chi connectivity index (χ1n) is 7.84. The zero-order valence-corrected chi connectivity index (χ0v) is 14.1. The fourth-order valence-electron chi connectivity index (χ4n) is 2.05. The molecule has 0 fully saturated rings. The van der Waals surface area contributed by atoms with Gasteiger partial charge in [0.05, 0.1) is 12.1 Å². The summed E-state index contributed by atoms with van der Waals surface area (Å²) in [5, 5.41) is 6.09. The number of aromatic nitrogens is 1. The predicted molar refractivity (Wildman–Crippen MR) is 95.8 cm³/mol. The van der Waals surface area contributed by atoms with Gasteiger partial charge in [-0.15, -0.1) is 0 Å². The van der Waals surface area contributed by atoms with Gasteiger partial charge in [-0.05, 0) is 17.7 Å². The van der Waals surface area contributed by atoms with Gasteiger partial charge >= 0.3 is 0 Å². The number of rotatable bonds is 6. The van der Waals surface area contributed by atoms with E-state index in [1.54, 1.807) is 24.5 Å². The first-order chi connectivity index (χ1) is 11.7. The Morgan fingerprint density at radius 2 is 1.83 bits per heavy atom. The van der Waals surface area contributed by atoms with Crippen molar-refractivity contribution in [2.75, 3.05) is 27.2 Å². The molecule has 0 radical (unpaired) electrons. The average Bonchev–Trinajstić information content (AvgIpc) is 2.62. The van der Waals surface area contributed by atoms with Crippen molar-refractivity contribution in [3.05, 3.63) is 66.0 Å². The molecule has 0 saturated carbocycles. The van der Waals surface area contributed by atoms with E-state index in [4.69, 9.17) is 0 Å². The van der Waals surface area contributed by atoms with Crippen molar-refractivity contribution >= 4 is 11.9 Å². The predicted octanol–water partition coefficient (Wildman–Crippen LogP) is 1.52. The van der Waals surface area contributed by atoms with Crippen molar-refractivity contribution in [1.29, 1.82) is 0 Å². The average molecular weight is 325 g/mol. The van der Waals surface area contributed by atoms with Crippen molar-refractivity contribution in [3.63, 3.8) is 0 Å². The number of nitrogens with one attached hydrogen (secondary N) is 2. The highest BCUT2D eigenvalue weighted by Gasteiger charge is 2.05. The van der Waals surface area contributed by atoms with E-state index in [2.05, 4.69) is 20.6 Å². The number of pyridine rings is 1. The molecule has 0 aliphatic heterocycles. The summed E-state index contributed by atoms with van der Waals surface area (Å²) in [4.78, 5) is 22.4. The molecular weight excluding hydrogens is 302 g/mol. The molecule has 126 valence electrons. The lowest BCUT2D eigenvalue weighted by Gasteiger charge is -2.18. The highest BCUT2D eigenvalue weighted by molar-refractivity contribution is 5.93. The van der Waals surface area contributed by atoms with Crippen LogP contribution in [0.2, 0.25) is 0 Å². The highest BCUT2D eigenvalue weighted by atomic mass is 16.1. The Labute approximate surface area is 142 Å². The third-order valence-electron chi connectivity index (χ3n) is 3.30. The molecule has 2 N–H and O–H groups in total. The normalized spacial score (nSPS) is 11.0. The quantitative estimate of drug-likeness (QED) is 0.480. The molecule has 1 aromatic carbocycles. The van der Waals surface area contributed by atoms with Crippen molar-refractivity contribution in [2.45, 2.75) is 6.54 Å². The van der Waals surface area contributed by atoms with Gasteiger partial charge in [0, 0.05) is 39.6 Å². The van der Waals surface area contributed by atoms with Gasteiger partial charge in [0.25, 0.3) is 5.91 Å². The summed E-state index contributed by atoms with van der Waals surface area (Å²) in [7, 11) is 3.87. The summed E-state index contributed by atoms with van der Waals surface area (Å²) >= 11 is 0. The molecule has 1 amide bonds. The maximum Gasteiger partial charge on any atom is 0.252 e. The Bertz CT molecular complexity index is 656. The van der Waals surface area contributed by atoms with Gasteiger partial charge in [-0.3, -0.25) is 9.78 Å². The van der Waals surface area contributed by atoms with Gasteiger partial charge in [-0.1, -0.05) is 30.3 Å². The molecule has 2 rings (SSSR count). The molecule has 0 unspecified atom stereocenters. The summed E-state index contributed by atoms with van der Waals surface area (Å²) in [5.74, 6) is 0.659. The number of hydrogen-bond acceptors (Lipinski definition) is 3. The Kier molecular flexibility index (Phi) is 6.76. The zero-order chi connectivity index (χ0) is 17.2. The van der Waals surface area contributed by atoms with E-state index in [1.165, 1.54) is 0 Å². The standard InChI is InChI=1S/C18H23N5O/c1-23(2)18(22-13-15-7-4-3-5-8-15)21-12-11-20-17(24)16-9-6-10-19-14-16/h3-10,14H,11-13H2,1-2H3,(H,20,24)(H,21,22). The molecule has 1 aromatic heterocycles.